The fraction of sp³-hybridized carbons (Fsp3) is 0.280. The lowest BCUT2D eigenvalue weighted by molar-refractivity contribution is 0.102. The zero-order valence-corrected chi connectivity index (χ0v) is 22.5. The summed E-state index contributed by atoms with van der Waals surface area (Å²) in [6, 6.07) is 9.14. The zero-order valence-electron chi connectivity index (χ0n) is 21.6. The molecule has 13 heteroatoms. The monoisotopic (exact) mass is 544 g/mol. The van der Waals surface area contributed by atoms with Gasteiger partial charge in [0.05, 0.1) is 24.7 Å². The molecule has 2 aromatic carbocycles. The van der Waals surface area contributed by atoms with Gasteiger partial charge in [0, 0.05) is 17.8 Å². The molecule has 3 aromatic rings. The third-order valence-corrected chi connectivity index (χ3v) is 5.62. The van der Waals surface area contributed by atoms with E-state index >= 15 is 0 Å². The maximum absolute atomic E-state index is 13.3. The Morgan fingerprint density at radius 3 is 2.34 bits per heavy atom. The van der Waals surface area contributed by atoms with Gasteiger partial charge < -0.3 is 24.6 Å². The molecule has 0 bridgehead atoms. The van der Waals surface area contributed by atoms with Crippen LogP contribution in [0.1, 0.15) is 42.3 Å². The molecule has 202 valence electrons. The summed E-state index contributed by atoms with van der Waals surface area (Å²) in [7, 11) is -2.26. The van der Waals surface area contributed by atoms with Crippen molar-refractivity contribution < 1.29 is 37.3 Å². The van der Waals surface area contributed by atoms with E-state index in [0.29, 0.717) is 5.56 Å². The highest BCUT2D eigenvalue weighted by Crippen LogP contribution is 2.39. The first kappa shape index (κ1) is 28.2. The van der Waals surface area contributed by atoms with Crippen molar-refractivity contribution in [2.75, 3.05) is 23.4 Å². The van der Waals surface area contributed by atoms with Gasteiger partial charge >= 0.3 is 12.2 Å². The number of carbonyl (C=O) groups is 2. The van der Waals surface area contributed by atoms with Gasteiger partial charge in [0.1, 0.15) is 5.75 Å². The van der Waals surface area contributed by atoms with Crippen molar-refractivity contribution in [3.05, 3.63) is 59.3 Å². The molecule has 0 aliphatic rings. The first-order valence-corrected chi connectivity index (χ1v) is 13.1. The van der Waals surface area contributed by atoms with Crippen LogP contribution in [0.5, 0.6) is 23.4 Å². The number of nitrogens with one attached hydrogen (secondary N) is 2. The molecule has 0 saturated carbocycles. The number of carbonyl (C=O) groups excluding carboxylic acids is 1. The van der Waals surface area contributed by atoms with Crippen LogP contribution in [0.3, 0.4) is 0 Å². The average molecular weight is 545 g/mol. The number of ether oxygens (including phenoxy) is 3. The van der Waals surface area contributed by atoms with Crippen molar-refractivity contribution in [3.8, 4) is 23.4 Å². The van der Waals surface area contributed by atoms with Crippen molar-refractivity contribution in [3.63, 3.8) is 0 Å². The van der Waals surface area contributed by atoms with Crippen LogP contribution in [-0.2, 0) is 15.4 Å². The third kappa shape index (κ3) is 7.56. The molecule has 1 aromatic heterocycles. The SMILES string of the molecule is COc1c(NC(=O)c2cc(C)cc(Oc3ccnc(OC(=O)O)n3)c2)cc(C(C)(C)C)cc1NS(C)(=O)=O. The van der Waals surface area contributed by atoms with E-state index in [1.165, 1.54) is 25.4 Å². The Bertz CT molecular complexity index is 1480. The molecule has 0 unspecified atom stereocenters. The lowest BCUT2D eigenvalue weighted by Gasteiger charge is -2.24. The Kier molecular flexibility index (Phi) is 8.10. The molecular formula is C25H28N4O8S. The van der Waals surface area contributed by atoms with Crippen molar-refractivity contribution in [2.24, 2.45) is 0 Å². The molecule has 0 fully saturated rings. The van der Waals surface area contributed by atoms with Gasteiger partial charge in [-0.1, -0.05) is 20.8 Å². The molecule has 3 N–H and O–H groups in total. The zero-order chi connectivity index (χ0) is 28.3. The molecular weight excluding hydrogens is 516 g/mol. The molecule has 12 nitrogen and oxygen atoms in total. The van der Waals surface area contributed by atoms with Crippen molar-refractivity contribution >= 4 is 33.5 Å². The Morgan fingerprint density at radius 2 is 1.74 bits per heavy atom. The molecule has 1 heterocycles. The molecule has 3 rings (SSSR count). The van der Waals surface area contributed by atoms with Gasteiger partial charge in [-0.05, 0) is 53.8 Å². The fourth-order valence-electron chi connectivity index (χ4n) is 3.41. The van der Waals surface area contributed by atoms with Crippen LogP contribution in [0, 0.1) is 6.92 Å². The fourth-order valence-corrected chi connectivity index (χ4v) is 3.96. The standard InChI is InChI=1S/C25H28N4O8S/c1-14-9-15(11-17(10-14)36-20-7-8-26-23(28-20)37-24(31)32)22(30)27-18-12-16(25(2,3)4)13-19(21(18)35-5)29-38(6,33)34/h7-13,29H,1-6H3,(H,27,30)(H,31,32). The summed E-state index contributed by atoms with van der Waals surface area (Å²) in [6.07, 6.45) is 0.718. The minimum absolute atomic E-state index is 0.00393. The van der Waals surface area contributed by atoms with Crippen LogP contribution >= 0.6 is 0 Å². The van der Waals surface area contributed by atoms with Gasteiger partial charge in [0.15, 0.2) is 5.75 Å². The van der Waals surface area contributed by atoms with Gasteiger partial charge in [-0.2, -0.15) is 4.98 Å². The van der Waals surface area contributed by atoms with Gasteiger partial charge in [-0.15, -0.1) is 0 Å². The van der Waals surface area contributed by atoms with Gasteiger partial charge in [-0.3, -0.25) is 9.52 Å². The normalized spacial score (nSPS) is 11.4. The number of carboxylic acid groups (broad SMARTS) is 1. The van der Waals surface area contributed by atoms with Crippen LogP contribution in [0.25, 0.3) is 0 Å². The number of rotatable bonds is 8. The lowest BCUT2D eigenvalue weighted by Crippen LogP contribution is -2.18. The van der Waals surface area contributed by atoms with Crippen LogP contribution in [0.15, 0.2) is 42.6 Å². The van der Waals surface area contributed by atoms with E-state index in [1.54, 1.807) is 31.2 Å². The minimum atomic E-state index is -3.63. The van der Waals surface area contributed by atoms with Crippen molar-refractivity contribution in [2.45, 2.75) is 33.1 Å². The molecule has 1 amide bonds. The van der Waals surface area contributed by atoms with Crippen LogP contribution < -0.4 is 24.2 Å². The molecule has 0 atom stereocenters. The topological polar surface area (TPSA) is 166 Å². The second-order valence-corrected chi connectivity index (χ2v) is 11.1. The predicted molar refractivity (Wildman–Crippen MR) is 140 cm³/mol. The molecule has 0 radical (unpaired) electrons. The number of methoxy groups -OCH3 is 1. The van der Waals surface area contributed by atoms with Gasteiger partial charge in [0.2, 0.25) is 15.9 Å². The molecule has 0 aliphatic carbocycles. The summed E-state index contributed by atoms with van der Waals surface area (Å²) >= 11 is 0. The van der Waals surface area contributed by atoms with E-state index < -0.39 is 28.1 Å². The summed E-state index contributed by atoms with van der Waals surface area (Å²) in [4.78, 5) is 31.6. The van der Waals surface area contributed by atoms with E-state index in [1.807, 2.05) is 20.8 Å². The smallest absolute Gasteiger partial charge is 0.492 e. The molecule has 0 aliphatic heterocycles. The van der Waals surface area contributed by atoms with E-state index in [-0.39, 0.29) is 39.7 Å². The van der Waals surface area contributed by atoms with Crippen LogP contribution in [0.4, 0.5) is 16.2 Å². The number of hydrogen-bond acceptors (Lipinski definition) is 9. The first-order valence-electron chi connectivity index (χ1n) is 11.2. The summed E-state index contributed by atoms with van der Waals surface area (Å²) in [5.41, 5.74) is 1.78. The number of aromatic nitrogens is 2. The number of sulfonamides is 1. The Labute approximate surface area is 220 Å². The van der Waals surface area contributed by atoms with Gasteiger partial charge in [0.25, 0.3) is 5.91 Å². The van der Waals surface area contributed by atoms with E-state index in [0.717, 1.165) is 11.8 Å². The maximum Gasteiger partial charge on any atom is 0.513 e. The number of benzene rings is 2. The minimum Gasteiger partial charge on any atom is -0.492 e. The van der Waals surface area contributed by atoms with Crippen LogP contribution in [0.2, 0.25) is 0 Å². The Balaban J connectivity index is 1.96. The maximum atomic E-state index is 13.3. The predicted octanol–water partition coefficient (Wildman–Crippen LogP) is 4.56. The molecule has 0 saturated heterocycles. The Hall–Kier alpha value is -4.39. The van der Waals surface area contributed by atoms with Crippen LogP contribution in [-0.4, -0.2) is 48.9 Å². The quantitative estimate of drug-likeness (QED) is 0.342. The summed E-state index contributed by atoms with van der Waals surface area (Å²) in [5, 5.41) is 11.5. The molecule has 38 heavy (non-hydrogen) atoms. The lowest BCUT2D eigenvalue weighted by atomic mass is 9.86. The highest BCUT2D eigenvalue weighted by Gasteiger charge is 2.23. The number of aryl methyl sites for hydroxylation is 1. The largest absolute Gasteiger partial charge is 0.513 e. The number of anilines is 2. The van der Waals surface area contributed by atoms with Gasteiger partial charge in [-0.25, -0.2) is 18.2 Å². The third-order valence-electron chi connectivity index (χ3n) is 5.02. The first-order chi connectivity index (χ1) is 17.6. The second-order valence-electron chi connectivity index (χ2n) is 9.37. The van der Waals surface area contributed by atoms with E-state index in [9.17, 15) is 18.0 Å². The summed E-state index contributed by atoms with van der Waals surface area (Å²) in [5.74, 6) is -0.104. The van der Waals surface area contributed by atoms with E-state index in [2.05, 4.69) is 24.7 Å². The van der Waals surface area contributed by atoms with Crippen molar-refractivity contribution in [1.82, 2.24) is 9.97 Å². The molecule has 0 spiro atoms. The highest BCUT2D eigenvalue weighted by molar-refractivity contribution is 7.92. The number of amides is 1. The second kappa shape index (κ2) is 10.9. The summed E-state index contributed by atoms with van der Waals surface area (Å²) in [6.45, 7) is 7.62. The highest BCUT2D eigenvalue weighted by atomic mass is 32.2. The van der Waals surface area contributed by atoms with E-state index in [4.69, 9.17) is 14.6 Å². The Morgan fingerprint density at radius 1 is 1.05 bits per heavy atom. The average Bonchev–Trinajstić information content (AvgIpc) is 2.76. The number of hydrogen-bond donors (Lipinski definition) is 3. The van der Waals surface area contributed by atoms with Crippen molar-refractivity contribution in [1.29, 1.82) is 0 Å². The summed E-state index contributed by atoms with van der Waals surface area (Å²) < 4.78 is 42.0. The number of nitrogens with zero attached hydrogens (tertiary/aromatic N) is 2.